The number of nitrogens with zero attached hydrogens (tertiary/aromatic N) is 2. The van der Waals surface area contributed by atoms with E-state index in [4.69, 9.17) is 21.1 Å². The Morgan fingerprint density at radius 1 is 0.873 bits per heavy atom. The van der Waals surface area contributed by atoms with E-state index in [0.717, 1.165) is 10.6 Å². The van der Waals surface area contributed by atoms with Gasteiger partial charge < -0.3 is 19.7 Å². The third kappa shape index (κ3) is 5.69. The summed E-state index contributed by atoms with van der Waals surface area (Å²) in [6.45, 7) is 0.124. The van der Waals surface area contributed by atoms with Crippen molar-refractivity contribution in [2.75, 3.05) is 26.2 Å². The fourth-order valence-electron chi connectivity index (χ4n) is 9.32. The molecule has 2 saturated heterocycles. The van der Waals surface area contributed by atoms with Gasteiger partial charge in [-0.15, -0.1) is 0 Å². The van der Waals surface area contributed by atoms with Gasteiger partial charge in [0.2, 0.25) is 11.8 Å². The molecular formula is C42H37ClFN3O8. The van der Waals surface area contributed by atoms with E-state index >= 15 is 4.79 Å². The Balaban J connectivity index is 1.30. The van der Waals surface area contributed by atoms with E-state index in [-0.39, 0.29) is 65.4 Å². The summed E-state index contributed by atoms with van der Waals surface area (Å²) in [6.07, 6.45) is 2.48. The van der Waals surface area contributed by atoms with Crippen LogP contribution in [0.5, 0.6) is 23.0 Å². The Morgan fingerprint density at radius 2 is 1.58 bits per heavy atom. The number of phenolic OH excluding ortho intramolecular Hbond substituents is 2. The molecule has 4 aromatic rings. The zero-order valence-electron chi connectivity index (χ0n) is 29.9. The van der Waals surface area contributed by atoms with Crippen molar-refractivity contribution in [1.82, 2.24) is 9.91 Å². The first kappa shape index (κ1) is 36.1. The molecule has 4 aromatic carbocycles. The molecule has 3 fully saturated rings. The molecule has 2 aliphatic carbocycles. The van der Waals surface area contributed by atoms with Gasteiger partial charge in [-0.05, 0) is 84.8 Å². The number of methoxy groups -OCH3 is 2. The van der Waals surface area contributed by atoms with Crippen LogP contribution in [-0.2, 0) is 31.0 Å². The minimum Gasteiger partial charge on any atom is -0.508 e. The first-order valence-corrected chi connectivity index (χ1v) is 18.3. The second-order valence-corrected chi connectivity index (χ2v) is 14.8. The number of benzene rings is 4. The molecule has 1 saturated carbocycles. The fraction of sp³-hybridized carbons (Fsp3) is 0.286. The maximum atomic E-state index is 15.4. The molecule has 0 radical (unpaired) electrons. The Hall–Kier alpha value is -5.88. The molecule has 0 bridgehead atoms. The van der Waals surface area contributed by atoms with E-state index < -0.39 is 52.6 Å². The monoisotopic (exact) mass is 765 g/mol. The number of anilines is 1. The predicted octanol–water partition coefficient (Wildman–Crippen LogP) is 6.14. The largest absolute Gasteiger partial charge is 0.508 e. The van der Waals surface area contributed by atoms with Gasteiger partial charge in [0.25, 0.3) is 11.8 Å². The number of halogens is 2. The molecular weight excluding hydrogens is 729 g/mol. The summed E-state index contributed by atoms with van der Waals surface area (Å²) in [4.78, 5) is 60.0. The number of carbonyl (C=O) groups is 4. The van der Waals surface area contributed by atoms with Crippen molar-refractivity contribution >= 4 is 40.9 Å². The van der Waals surface area contributed by atoms with Crippen LogP contribution in [0.3, 0.4) is 0 Å². The van der Waals surface area contributed by atoms with Gasteiger partial charge >= 0.3 is 0 Å². The molecule has 0 aromatic heterocycles. The number of rotatable bonds is 9. The van der Waals surface area contributed by atoms with Crippen LogP contribution in [0.4, 0.5) is 10.1 Å². The summed E-state index contributed by atoms with van der Waals surface area (Å²) in [7, 11) is 2.86. The first-order chi connectivity index (χ1) is 26.5. The minimum absolute atomic E-state index is 0.0301. The maximum Gasteiger partial charge on any atom is 0.260 e. The molecule has 11 nitrogen and oxygen atoms in total. The molecule has 13 heteroatoms. The summed E-state index contributed by atoms with van der Waals surface area (Å²) in [6, 6.07) is 21.4. The second kappa shape index (κ2) is 13.8. The second-order valence-electron chi connectivity index (χ2n) is 14.4. The van der Waals surface area contributed by atoms with E-state index in [1.807, 2.05) is 6.08 Å². The number of ether oxygens (including phenoxy) is 2. The van der Waals surface area contributed by atoms with E-state index in [9.17, 15) is 29.0 Å². The highest BCUT2D eigenvalue weighted by molar-refractivity contribution is 6.30. The smallest absolute Gasteiger partial charge is 0.260 e. The Kier molecular flexibility index (Phi) is 9.03. The van der Waals surface area contributed by atoms with Crippen molar-refractivity contribution in [3.63, 3.8) is 0 Å². The zero-order valence-corrected chi connectivity index (χ0v) is 30.6. The number of allylic oxidation sites excluding steroid dienone is 2. The van der Waals surface area contributed by atoms with E-state index in [1.54, 1.807) is 54.6 Å². The van der Waals surface area contributed by atoms with Crippen LogP contribution in [0.2, 0.25) is 5.02 Å². The molecule has 3 N–H and O–H groups in total. The molecule has 0 spiro atoms. The highest BCUT2D eigenvalue weighted by Crippen LogP contribution is 2.66. The molecule has 6 atom stereocenters. The third-order valence-electron chi connectivity index (χ3n) is 11.7. The van der Waals surface area contributed by atoms with Crippen molar-refractivity contribution in [3.8, 4) is 23.0 Å². The number of phenols is 2. The Morgan fingerprint density at radius 3 is 2.25 bits per heavy atom. The number of hydrogen-bond acceptors (Lipinski definition) is 9. The van der Waals surface area contributed by atoms with Crippen molar-refractivity contribution in [1.29, 1.82) is 0 Å². The highest BCUT2D eigenvalue weighted by Gasteiger charge is 2.71. The third-order valence-corrected chi connectivity index (χ3v) is 12.0. The molecule has 6 unspecified atom stereocenters. The van der Waals surface area contributed by atoms with Crippen LogP contribution in [0.15, 0.2) is 96.6 Å². The van der Waals surface area contributed by atoms with Gasteiger partial charge in [-0.1, -0.05) is 47.5 Å². The van der Waals surface area contributed by atoms with Crippen molar-refractivity contribution in [2.24, 2.45) is 23.7 Å². The first-order valence-electron chi connectivity index (χ1n) is 17.9. The topological polar surface area (TPSA) is 146 Å². The van der Waals surface area contributed by atoms with Gasteiger partial charge in [0, 0.05) is 35.2 Å². The quantitative estimate of drug-likeness (QED) is 0.135. The molecule has 55 heavy (non-hydrogen) atoms. The lowest BCUT2D eigenvalue weighted by atomic mass is 9.49. The summed E-state index contributed by atoms with van der Waals surface area (Å²) < 4.78 is 25.2. The Labute approximate surface area is 320 Å². The van der Waals surface area contributed by atoms with Crippen molar-refractivity contribution in [3.05, 3.63) is 124 Å². The number of nitrogens with one attached hydrogen (secondary N) is 1. The van der Waals surface area contributed by atoms with Crippen LogP contribution >= 0.6 is 11.6 Å². The van der Waals surface area contributed by atoms with Crippen LogP contribution in [0, 0.1) is 29.5 Å². The number of amides is 4. The van der Waals surface area contributed by atoms with E-state index in [0.29, 0.717) is 22.6 Å². The zero-order chi connectivity index (χ0) is 38.8. The van der Waals surface area contributed by atoms with Gasteiger partial charge in [-0.25, -0.2) is 4.39 Å². The lowest BCUT2D eigenvalue weighted by Gasteiger charge is -2.50. The lowest BCUT2D eigenvalue weighted by molar-refractivity contribution is -0.141. The predicted molar refractivity (Wildman–Crippen MR) is 199 cm³/mol. The van der Waals surface area contributed by atoms with Crippen LogP contribution in [0.1, 0.15) is 35.4 Å². The number of carbonyl (C=O) groups excluding carboxylic acids is 4. The standard InChI is InChI=1S/C42H37ClFN3O8/c1-54-28-19-33(49)36(34(20-28)55-2)37-29-15-16-30-35(40(52)46(38(30)50)18-17-22-3-13-27(48)14-4-22)31(29)21-32-39(51)47(45-26-11-9-25(44)10-12-26)41(53)42(32,37)23-5-7-24(43)8-6-23/h3-15,19-20,30-32,35,37,45,48-49H,16-18,21H2,1-2H3. The molecule has 8 rings (SSSR count). The van der Waals surface area contributed by atoms with Crippen LogP contribution in [0.25, 0.3) is 0 Å². The van der Waals surface area contributed by atoms with Gasteiger partial charge in [-0.2, -0.15) is 5.01 Å². The summed E-state index contributed by atoms with van der Waals surface area (Å²) in [5.74, 6) is -6.50. The SMILES string of the molecule is COc1cc(O)c(C2C3=CCC4C(=O)N(CCc5ccc(O)cc5)C(=O)C4C3CC3C(=O)N(Nc4ccc(F)cc4)C(=O)C32c2ccc(Cl)cc2)c(OC)c1. The van der Waals surface area contributed by atoms with Crippen LogP contribution < -0.4 is 14.9 Å². The average Bonchev–Trinajstić information content (AvgIpc) is 3.55. The number of hydrogen-bond donors (Lipinski definition) is 3. The maximum absolute atomic E-state index is 15.4. The lowest BCUT2D eigenvalue weighted by Crippen LogP contribution is -2.53. The number of likely N-dealkylation sites (tertiary alicyclic amines) is 1. The number of aromatic hydroxyl groups is 2. The molecule has 2 aliphatic heterocycles. The average molecular weight is 766 g/mol. The fourth-order valence-corrected chi connectivity index (χ4v) is 9.45. The van der Waals surface area contributed by atoms with E-state index in [2.05, 4.69) is 5.43 Å². The van der Waals surface area contributed by atoms with E-state index in [1.165, 1.54) is 49.5 Å². The van der Waals surface area contributed by atoms with Crippen molar-refractivity contribution < 1.29 is 43.3 Å². The number of hydrazine groups is 1. The molecule has 4 amide bonds. The number of imide groups is 2. The molecule has 4 aliphatic rings. The summed E-state index contributed by atoms with van der Waals surface area (Å²) >= 11 is 6.38. The normalized spacial score (nSPS) is 25.7. The van der Waals surface area contributed by atoms with Gasteiger partial charge in [0.15, 0.2) is 0 Å². The van der Waals surface area contributed by atoms with Crippen LogP contribution in [-0.4, -0.2) is 64.5 Å². The molecule has 282 valence electrons. The van der Waals surface area contributed by atoms with Crippen molar-refractivity contribution in [2.45, 2.75) is 30.6 Å². The Bertz CT molecular complexity index is 2250. The van der Waals surface area contributed by atoms with Gasteiger partial charge in [0.05, 0.1) is 43.1 Å². The summed E-state index contributed by atoms with van der Waals surface area (Å²) in [5, 5.41) is 22.9. The van der Waals surface area contributed by atoms with Gasteiger partial charge in [0.1, 0.15) is 28.8 Å². The highest BCUT2D eigenvalue weighted by atomic mass is 35.5. The summed E-state index contributed by atoms with van der Waals surface area (Å²) in [5.41, 5.74) is 3.59. The van der Waals surface area contributed by atoms with Gasteiger partial charge in [-0.3, -0.25) is 29.5 Å². The molecule has 2 heterocycles. The minimum atomic E-state index is -1.71. The number of fused-ring (bicyclic) bond motifs is 4.